The van der Waals surface area contributed by atoms with Gasteiger partial charge >= 0.3 is 0 Å². The average molecular weight is 608 g/mol. The van der Waals surface area contributed by atoms with Gasteiger partial charge < -0.3 is 40.8 Å². The number of amides is 4. The van der Waals surface area contributed by atoms with Crippen LogP contribution in [-0.2, 0) is 40.0 Å². The zero-order chi connectivity index (χ0) is 32.6. The third kappa shape index (κ3) is 18.3. The molecule has 4 amide bonds. The van der Waals surface area contributed by atoms with Gasteiger partial charge in [0.25, 0.3) is 0 Å². The molecular weight excluding hydrogens is 554 g/mol. The van der Waals surface area contributed by atoms with E-state index < -0.39 is 36.4 Å². The van der Waals surface area contributed by atoms with Gasteiger partial charge in [0, 0.05) is 24.3 Å². The van der Waals surface area contributed by atoms with Crippen LogP contribution in [0.3, 0.4) is 0 Å². The Balaban J connectivity index is 2.39. The van der Waals surface area contributed by atoms with Crippen molar-refractivity contribution < 1.29 is 33.4 Å². The number of benzene rings is 1. The lowest BCUT2D eigenvalue weighted by Crippen LogP contribution is -2.54. The second kappa shape index (κ2) is 18.6. The molecule has 0 aliphatic rings. The molecule has 0 saturated carbocycles. The second-order valence-corrected chi connectivity index (χ2v) is 12.7. The number of nitrogens with one attached hydrogen (secondary N) is 5. The van der Waals surface area contributed by atoms with Crippen LogP contribution in [0.5, 0.6) is 0 Å². The Kier molecular flexibility index (Phi) is 16.4. The van der Waals surface area contributed by atoms with Crippen LogP contribution in [-0.4, -0.2) is 86.4 Å². The maximum atomic E-state index is 12.9. The predicted octanol–water partition coefficient (Wildman–Crippen LogP) is 2.12. The molecule has 0 fully saturated rings. The van der Waals surface area contributed by atoms with Crippen LogP contribution in [0.1, 0.15) is 67.9 Å². The van der Waals surface area contributed by atoms with Crippen molar-refractivity contribution in [3.8, 4) is 0 Å². The summed E-state index contributed by atoms with van der Waals surface area (Å²) in [6, 6.07) is 5.52. The fraction of sp³-hybridized carbons (Fsp3) is 0.677. The first-order chi connectivity index (χ1) is 20.0. The Hall–Kier alpha value is -3.06. The fourth-order valence-electron chi connectivity index (χ4n) is 3.50. The van der Waals surface area contributed by atoms with E-state index in [2.05, 4.69) is 47.4 Å². The topological polar surface area (TPSA) is 156 Å². The van der Waals surface area contributed by atoms with Crippen molar-refractivity contribution in [1.82, 2.24) is 21.3 Å². The van der Waals surface area contributed by atoms with Gasteiger partial charge in [-0.1, -0.05) is 26.0 Å². The van der Waals surface area contributed by atoms with Gasteiger partial charge in [0.15, 0.2) is 0 Å². The van der Waals surface area contributed by atoms with E-state index in [1.54, 1.807) is 32.9 Å². The van der Waals surface area contributed by atoms with Crippen LogP contribution < -0.4 is 26.6 Å². The van der Waals surface area contributed by atoms with Crippen LogP contribution in [0.25, 0.3) is 0 Å². The molecule has 0 spiro atoms. The molecule has 0 aliphatic carbocycles. The maximum Gasteiger partial charge on any atom is 0.246 e. The van der Waals surface area contributed by atoms with Crippen molar-refractivity contribution in [2.75, 3.05) is 44.8 Å². The van der Waals surface area contributed by atoms with Gasteiger partial charge in [-0.05, 0) is 72.1 Å². The minimum Gasteiger partial charge on any atom is -0.378 e. The summed E-state index contributed by atoms with van der Waals surface area (Å²) in [6.07, 6.45) is 0. The van der Waals surface area contributed by atoms with Gasteiger partial charge in [0.1, 0.15) is 25.3 Å². The molecule has 1 aromatic carbocycles. The zero-order valence-corrected chi connectivity index (χ0v) is 27.3. The third-order valence-corrected chi connectivity index (χ3v) is 5.85. The lowest BCUT2D eigenvalue weighted by molar-refractivity contribution is -0.135. The Morgan fingerprint density at radius 1 is 0.767 bits per heavy atom. The highest BCUT2D eigenvalue weighted by atomic mass is 16.5. The van der Waals surface area contributed by atoms with Gasteiger partial charge in [-0.3, -0.25) is 19.2 Å². The molecule has 12 nitrogen and oxygen atoms in total. The summed E-state index contributed by atoms with van der Waals surface area (Å²) in [7, 11) is 0. The highest BCUT2D eigenvalue weighted by Crippen LogP contribution is 2.15. The summed E-state index contributed by atoms with van der Waals surface area (Å²) >= 11 is 0. The normalized spacial score (nSPS) is 13.3. The molecule has 244 valence electrons. The van der Waals surface area contributed by atoms with E-state index >= 15 is 0 Å². The highest BCUT2D eigenvalue weighted by Gasteiger charge is 2.27. The Bertz CT molecular complexity index is 1020. The van der Waals surface area contributed by atoms with E-state index in [4.69, 9.17) is 14.2 Å². The first-order valence-electron chi connectivity index (χ1n) is 14.8. The number of hydrogen-bond donors (Lipinski definition) is 5. The van der Waals surface area contributed by atoms with Crippen LogP contribution in [0.4, 0.5) is 5.69 Å². The quantitative estimate of drug-likeness (QED) is 0.159. The molecule has 0 heterocycles. The van der Waals surface area contributed by atoms with Crippen molar-refractivity contribution in [3.05, 3.63) is 29.8 Å². The van der Waals surface area contributed by atoms with Gasteiger partial charge in [-0.2, -0.15) is 0 Å². The number of anilines is 1. The van der Waals surface area contributed by atoms with Gasteiger partial charge in [0.2, 0.25) is 23.6 Å². The summed E-state index contributed by atoms with van der Waals surface area (Å²) in [5.41, 5.74) is 1.32. The molecule has 0 aliphatic heterocycles. The van der Waals surface area contributed by atoms with E-state index in [-0.39, 0.29) is 29.6 Å². The van der Waals surface area contributed by atoms with E-state index in [9.17, 15) is 19.2 Å². The summed E-state index contributed by atoms with van der Waals surface area (Å²) in [4.78, 5) is 49.9. The van der Waals surface area contributed by atoms with Gasteiger partial charge in [-0.25, -0.2) is 0 Å². The second-order valence-electron chi connectivity index (χ2n) is 12.7. The molecule has 0 radical (unpaired) electrons. The molecule has 1 rings (SSSR count). The first kappa shape index (κ1) is 38.0. The summed E-state index contributed by atoms with van der Waals surface area (Å²) in [5.74, 6) is -2.10. The van der Waals surface area contributed by atoms with Crippen molar-refractivity contribution in [2.24, 2.45) is 5.92 Å². The first-order valence-corrected chi connectivity index (χ1v) is 14.8. The molecule has 0 bridgehead atoms. The minimum atomic E-state index is -0.896. The number of carbonyl (C=O) groups is 4. The van der Waals surface area contributed by atoms with E-state index in [1.807, 2.05) is 32.9 Å². The van der Waals surface area contributed by atoms with Crippen molar-refractivity contribution in [3.63, 3.8) is 0 Å². The molecule has 12 heteroatoms. The molecule has 1 aromatic rings. The molecule has 0 unspecified atom stereocenters. The molecule has 0 saturated heterocycles. The fourth-order valence-corrected chi connectivity index (χ4v) is 3.50. The standard InChI is InChI=1S/C31H53N5O7/c1-21(2)27(36-26(38)20-42-19-25(37)32-14-16-41-17-15-33-30(4,5)6)29(40)34-22(3)28(39)35-24-12-10-23(11-13-24)18-43-31(7,8)9/h10-13,21-22,27,33H,14-20H2,1-9H3,(H,32,37)(H,34,40)(H,35,39)(H,36,38)/t22-,27-/m0/s1. The van der Waals surface area contributed by atoms with Gasteiger partial charge in [0.05, 0.1) is 25.4 Å². The van der Waals surface area contributed by atoms with E-state index in [0.717, 1.165) is 5.56 Å². The number of rotatable bonds is 18. The van der Waals surface area contributed by atoms with Crippen LogP contribution in [0.15, 0.2) is 24.3 Å². The van der Waals surface area contributed by atoms with E-state index in [0.29, 0.717) is 38.6 Å². The Labute approximate surface area is 256 Å². The SMILES string of the molecule is CC(C)[C@H](NC(=O)COCC(=O)NCCOCCNC(C)(C)C)C(=O)N[C@@H](C)C(=O)Nc1ccc(COC(C)(C)C)cc1. The van der Waals surface area contributed by atoms with Crippen molar-refractivity contribution >= 4 is 29.3 Å². The summed E-state index contributed by atoms with van der Waals surface area (Å²) in [6.45, 7) is 18.9. The van der Waals surface area contributed by atoms with Crippen molar-refractivity contribution in [1.29, 1.82) is 0 Å². The molecular formula is C31H53N5O7. The average Bonchev–Trinajstić information content (AvgIpc) is 2.89. The molecule has 43 heavy (non-hydrogen) atoms. The Morgan fingerprint density at radius 2 is 1.37 bits per heavy atom. The largest absolute Gasteiger partial charge is 0.378 e. The smallest absolute Gasteiger partial charge is 0.246 e. The van der Waals surface area contributed by atoms with Crippen LogP contribution in [0.2, 0.25) is 0 Å². The molecule has 2 atom stereocenters. The van der Waals surface area contributed by atoms with E-state index in [1.165, 1.54) is 0 Å². The van der Waals surface area contributed by atoms with Gasteiger partial charge in [-0.15, -0.1) is 0 Å². The molecule has 5 N–H and O–H groups in total. The highest BCUT2D eigenvalue weighted by molar-refractivity contribution is 5.98. The predicted molar refractivity (Wildman–Crippen MR) is 166 cm³/mol. The number of hydrogen-bond acceptors (Lipinski definition) is 8. The van der Waals surface area contributed by atoms with Crippen LogP contribution >= 0.6 is 0 Å². The third-order valence-electron chi connectivity index (χ3n) is 5.85. The number of carbonyl (C=O) groups excluding carboxylic acids is 4. The maximum absolute atomic E-state index is 12.9. The van der Waals surface area contributed by atoms with Crippen LogP contribution in [0, 0.1) is 5.92 Å². The van der Waals surface area contributed by atoms with Crippen molar-refractivity contribution in [2.45, 2.75) is 92.1 Å². The lowest BCUT2D eigenvalue weighted by atomic mass is 10.0. The number of ether oxygens (including phenoxy) is 3. The zero-order valence-electron chi connectivity index (χ0n) is 27.3. The summed E-state index contributed by atoms with van der Waals surface area (Å²) in [5, 5.41) is 14.0. The summed E-state index contributed by atoms with van der Waals surface area (Å²) < 4.78 is 16.4. The Morgan fingerprint density at radius 3 is 1.95 bits per heavy atom. The monoisotopic (exact) mass is 607 g/mol. The lowest BCUT2D eigenvalue weighted by Gasteiger charge is -2.24. The minimum absolute atomic E-state index is 0.0194. The molecule has 0 aromatic heterocycles.